The Morgan fingerprint density at radius 1 is 1.00 bits per heavy atom. The van der Waals surface area contributed by atoms with Gasteiger partial charge in [0.2, 0.25) is 5.91 Å². The number of rotatable bonds is 7. The molecule has 0 fully saturated rings. The molecule has 0 heterocycles. The summed E-state index contributed by atoms with van der Waals surface area (Å²) in [6.07, 6.45) is -4.89. The molecule has 28 heavy (non-hydrogen) atoms. The molecule has 0 bridgehead atoms. The van der Waals surface area contributed by atoms with Crippen molar-refractivity contribution in [3.8, 4) is 0 Å². The molecule has 0 saturated carbocycles. The van der Waals surface area contributed by atoms with Gasteiger partial charge in [0.15, 0.2) is 6.04 Å². The van der Waals surface area contributed by atoms with Crippen molar-refractivity contribution in [1.29, 1.82) is 0 Å². The van der Waals surface area contributed by atoms with Crippen molar-refractivity contribution in [3.05, 3.63) is 71.3 Å². The fourth-order valence-corrected chi connectivity index (χ4v) is 2.45. The van der Waals surface area contributed by atoms with E-state index in [1.165, 1.54) is 24.3 Å². The van der Waals surface area contributed by atoms with E-state index < -0.39 is 35.7 Å². The molecular weight excluding hydrogens is 383 g/mol. The van der Waals surface area contributed by atoms with E-state index in [0.717, 1.165) is 12.1 Å². The Labute approximate surface area is 157 Å². The highest BCUT2D eigenvalue weighted by Gasteiger charge is 2.41. The smallest absolute Gasteiger partial charge is 0.352 e. The molecule has 2 N–H and O–H groups in total. The molecule has 1 atom stereocenters. The SMILES string of the molecule is O=C(CCCNC(=O)c1ccc(F)cc1F)NC(c1ccccc1)C(F)(F)F. The average molecular weight is 400 g/mol. The molecule has 0 aliphatic rings. The van der Waals surface area contributed by atoms with E-state index in [1.54, 1.807) is 6.07 Å². The number of hydrogen-bond donors (Lipinski definition) is 2. The first-order chi connectivity index (χ1) is 13.2. The summed E-state index contributed by atoms with van der Waals surface area (Å²) < 4.78 is 65.8. The third-order valence-electron chi connectivity index (χ3n) is 3.81. The molecule has 1 unspecified atom stereocenters. The number of halogens is 5. The van der Waals surface area contributed by atoms with Crippen LogP contribution < -0.4 is 10.6 Å². The monoisotopic (exact) mass is 400 g/mol. The van der Waals surface area contributed by atoms with Gasteiger partial charge in [-0.1, -0.05) is 30.3 Å². The van der Waals surface area contributed by atoms with Crippen molar-refractivity contribution in [2.75, 3.05) is 6.54 Å². The highest BCUT2D eigenvalue weighted by molar-refractivity contribution is 5.94. The first-order valence-electron chi connectivity index (χ1n) is 8.33. The maximum absolute atomic E-state index is 13.5. The number of carbonyl (C=O) groups is 2. The van der Waals surface area contributed by atoms with Crippen LogP contribution in [0.4, 0.5) is 22.0 Å². The summed E-state index contributed by atoms with van der Waals surface area (Å²) in [5.41, 5.74) is -0.462. The summed E-state index contributed by atoms with van der Waals surface area (Å²) in [5.74, 6) is -3.52. The zero-order chi connectivity index (χ0) is 20.7. The second-order valence-electron chi connectivity index (χ2n) is 5.94. The molecular formula is C19H17F5N2O2. The van der Waals surface area contributed by atoms with Crippen molar-refractivity contribution < 1.29 is 31.5 Å². The Balaban J connectivity index is 1.84. The van der Waals surface area contributed by atoms with E-state index in [-0.39, 0.29) is 30.5 Å². The van der Waals surface area contributed by atoms with Crippen LogP contribution >= 0.6 is 0 Å². The lowest BCUT2D eigenvalue weighted by atomic mass is 10.1. The van der Waals surface area contributed by atoms with Crippen LogP contribution in [0.2, 0.25) is 0 Å². The lowest BCUT2D eigenvalue weighted by molar-refractivity contribution is -0.163. The molecule has 9 heteroatoms. The molecule has 0 spiro atoms. The van der Waals surface area contributed by atoms with Crippen molar-refractivity contribution >= 4 is 11.8 Å². The molecule has 0 aromatic heterocycles. The Morgan fingerprint density at radius 2 is 1.68 bits per heavy atom. The zero-order valence-corrected chi connectivity index (χ0v) is 14.5. The van der Waals surface area contributed by atoms with E-state index in [4.69, 9.17) is 0 Å². The van der Waals surface area contributed by atoms with Crippen LogP contribution in [0.1, 0.15) is 34.8 Å². The molecule has 0 aliphatic carbocycles. The first kappa shape index (κ1) is 21.3. The summed E-state index contributed by atoms with van der Waals surface area (Å²) >= 11 is 0. The van der Waals surface area contributed by atoms with Gasteiger partial charge in [0, 0.05) is 19.0 Å². The minimum Gasteiger partial charge on any atom is -0.352 e. The van der Waals surface area contributed by atoms with Crippen LogP contribution in [0.5, 0.6) is 0 Å². The van der Waals surface area contributed by atoms with Gasteiger partial charge in [0.05, 0.1) is 5.56 Å². The van der Waals surface area contributed by atoms with Crippen molar-refractivity contribution in [1.82, 2.24) is 10.6 Å². The standard InChI is InChI=1S/C19H17F5N2O2/c20-13-8-9-14(15(21)11-13)18(28)25-10-4-7-16(27)26-17(19(22,23)24)12-5-2-1-3-6-12/h1-3,5-6,8-9,11,17H,4,7,10H2,(H,25,28)(H,26,27). The van der Waals surface area contributed by atoms with Gasteiger partial charge in [-0.25, -0.2) is 8.78 Å². The Kier molecular flexibility index (Phi) is 7.08. The van der Waals surface area contributed by atoms with E-state index in [9.17, 15) is 31.5 Å². The fraction of sp³-hybridized carbons (Fsp3) is 0.263. The van der Waals surface area contributed by atoms with Crippen molar-refractivity contribution in [3.63, 3.8) is 0 Å². The van der Waals surface area contributed by atoms with Gasteiger partial charge in [-0.2, -0.15) is 13.2 Å². The van der Waals surface area contributed by atoms with E-state index >= 15 is 0 Å². The molecule has 0 saturated heterocycles. The Morgan fingerprint density at radius 3 is 2.29 bits per heavy atom. The first-order valence-corrected chi connectivity index (χ1v) is 8.33. The summed E-state index contributed by atoms with van der Waals surface area (Å²) in [7, 11) is 0. The second kappa shape index (κ2) is 9.29. The number of nitrogens with one attached hydrogen (secondary N) is 2. The van der Waals surface area contributed by atoms with Crippen LogP contribution in [-0.4, -0.2) is 24.5 Å². The summed E-state index contributed by atoms with van der Waals surface area (Å²) in [5, 5.41) is 4.26. The van der Waals surface area contributed by atoms with E-state index in [1.807, 2.05) is 5.32 Å². The van der Waals surface area contributed by atoms with Gasteiger partial charge in [0.1, 0.15) is 11.6 Å². The third kappa shape index (κ3) is 6.04. The Bertz CT molecular complexity index is 825. The zero-order valence-electron chi connectivity index (χ0n) is 14.5. The van der Waals surface area contributed by atoms with E-state index in [2.05, 4.69) is 5.32 Å². The highest BCUT2D eigenvalue weighted by Crippen LogP contribution is 2.32. The molecule has 2 aromatic rings. The minimum absolute atomic E-state index is 0.0414. The minimum atomic E-state index is -4.66. The van der Waals surface area contributed by atoms with Crippen molar-refractivity contribution in [2.24, 2.45) is 0 Å². The number of hydrogen-bond acceptors (Lipinski definition) is 2. The summed E-state index contributed by atoms with van der Waals surface area (Å²) in [6.45, 7) is -0.0644. The van der Waals surface area contributed by atoms with Gasteiger partial charge < -0.3 is 10.6 Å². The van der Waals surface area contributed by atoms with Gasteiger partial charge in [-0.05, 0) is 24.1 Å². The lowest BCUT2D eigenvalue weighted by Crippen LogP contribution is -2.38. The third-order valence-corrected chi connectivity index (χ3v) is 3.81. The predicted octanol–water partition coefficient (Wildman–Crippen LogP) is 3.89. The van der Waals surface area contributed by atoms with E-state index in [0.29, 0.717) is 6.07 Å². The lowest BCUT2D eigenvalue weighted by Gasteiger charge is -2.22. The molecule has 4 nitrogen and oxygen atoms in total. The van der Waals surface area contributed by atoms with Gasteiger partial charge in [-0.15, -0.1) is 0 Å². The predicted molar refractivity (Wildman–Crippen MR) is 91.3 cm³/mol. The summed E-state index contributed by atoms with van der Waals surface area (Å²) in [6, 6.07) is 7.27. The number of amides is 2. The molecule has 0 aliphatic heterocycles. The van der Waals surface area contributed by atoms with Gasteiger partial charge >= 0.3 is 6.18 Å². The maximum Gasteiger partial charge on any atom is 0.412 e. The number of alkyl halides is 3. The molecule has 2 amide bonds. The highest BCUT2D eigenvalue weighted by atomic mass is 19.4. The van der Waals surface area contributed by atoms with Crippen LogP contribution in [0.15, 0.2) is 48.5 Å². The molecule has 2 aromatic carbocycles. The van der Waals surface area contributed by atoms with Crippen LogP contribution in [-0.2, 0) is 4.79 Å². The second-order valence-corrected chi connectivity index (χ2v) is 5.94. The average Bonchev–Trinajstić information content (AvgIpc) is 2.63. The number of carbonyl (C=O) groups excluding carboxylic acids is 2. The Hall–Kier alpha value is -2.97. The topological polar surface area (TPSA) is 58.2 Å². The maximum atomic E-state index is 13.5. The molecule has 150 valence electrons. The molecule has 2 rings (SSSR count). The fourth-order valence-electron chi connectivity index (χ4n) is 2.45. The number of benzene rings is 2. The largest absolute Gasteiger partial charge is 0.412 e. The van der Waals surface area contributed by atoms with Crippen LogP contribution in [0, 0.1) is 11.6 Å². The quantitative estimate of drug-likeness (QED) is 0.547. The summed E-state index contributed by atoms with van der Waals surface area (Å²) in [4.78, 5) is 23.6. The van der Waals surface area contributed by atoms with Crippen molar-refractivity contribution in [2.45, 2.75) is 25.1 Å². The normalized spacial score (nSPS) is 12.3. The van der Waals surface area contributed by atoms with Gasteiger partial charge in [0.25, 0.3) is 5.91 Å². The van der Waals surface area contributed by atoms with Crippen LogP contribution in [0.25, 0.3) is 0 Å². The molecule has 0 radical (unpaired) electrons. The van der Waals surface area contributed by atoms with Gasteiger partial charge in [-0.3, -0.25) is 9.59 Å². The van der Waals surface area contributed by atoms with Crippen LogP contribution in [0.3, 0.4) is 0 Å².